The fraction of sp³-hybridized carbons (Fsp3) is 0.333. The number of carbonyl (C=O) groups is 1. The first-order valence-corrected chi connectivity index (χ1v) is 8.02. The molecule has 3 aromatic heterocycles. The van der Waals surface area contributed by atoms with Gasteiger partial charge in [0.25, 0.3) is 11.7 Å². The number of hydrogen-bond donors (Lipinski definition) is 1. The second-order valence-corrected chi connectivity index (χ2v) is 6.13. The summed E-state index contributed by atoms with van der Waals surface area (Å²) in [6, 6.07) is 5.82. The molecule has 0 aromatic carbocycles. The van der Waals surface area contributed by atoms with Crippen LogP contribution in [0.5, 0.6) is 0 Å². The van der Waals surface area contributed by atoms with Crippen molar-refractivity contribution in [3.05, 3.63) is 45.7 Å². The highest BCUT2D eigenvalue weighted by Crippen LogP contribution is 2.21. The molecule has 7 nitrogen and oxygen atoms in total. The number of nitrogens with zero attached hydrogens (tertiary/aromatic N) is 4. The number of fused-ring (bicyclic) bond motifs is 1. The summed E-state index contributed by atoms with van der Waals surface area (Å²) in [5, 5.41) is 12.8. The first-order chi connectivity index (χ1) is 11.1. The minimum atomic E-state index is -0.301. The molecule has 23 heavy (non-hydrogen) atoms. The summed E-state index contributed by atoms with van der Waals surface area (Å²) in [6.07, 6.45) is -0.181. The molecule has 1 atom stereocenters. The van der Waals surface area contributed by atoms with Crippen molar-refractivity contribution in [1.82, 2.24) is 24.9 Å². The number of hydrogen-bond acceptors (Lipinski definition) is 6. The second-order valence-electron chi connectivity index (χ2n) is 5.15. The highest BCUT2D eigenvalue weighted by molar-refractivity contribution is 7.10. The molecule has 0 aliphatic rings. The maximum Gasteiger partial charge on any atom is 0.289 e. The zero-order valence-electron chi connectivity index (χ0n) is 13.1. The molecular weight excluding hydrogens is 314 g/mol. The Balaban J connectivity index is 1.79. The van der Waals surface area contributed by atoms with Crippen LogP contribution in [0, 0.1) is 13.8 Å². The maximum atomic E-state index is 12.4. The van der Waals surface area contributed by atoms with E-state index in [9.17, 15) is 4.79 Å². The summed E-state index contributed by atoms with van der Waals surface area (Å²) in [4.78, 5) is 17.8. The summed E-state index contributed by atoms with van der Waals surface area (Å²) in [5.41, 5.74) is 1.70. The third kappa shape index (κ3) is 3.08. The van der Waals surface area contributed by atoms with Gasteiger partial charge in [-0.3, -0.25) is 9.20 Å². The predicted molar refractivity (Wildman–Crippen MR) is 86.7 cm³/mol. The van der Waals surface area contributed by atoms with E-state index in [1.165, 1.54) is 0 Å². The van der Waals surface area contributed by atoms with Crippen LogP contribution in [0.3, 0.4) is 0 Å². The van der Waals surface area contributed by atoms with Gasteiger partial charge in [0.05, 0.1) is 0 Å². The third-order valence-corrected chi connectivity index (χ3v) is 4.45. The molecule has 3 rings (SSSR count). The zero-order valence-corrected chi connectivity index (χ0v) is 13.9. The highest BCUT2D eigenvalue weighted by Gasteiger charge is 2.19. The molecule has 0 unspecified atom stereocenters. The van der Waals surface area contributed by atoms with E-state index in [2.05, 4.69) is 20.5 Å². The topological polar surface area (TPSA) is 81.4 Å². The summed E-state index contributed by atoms with van der Waals surface area (Å²) < 4.78 is 7.08. The molecule has 120 valence electrons. The van der Waals surface area contributed by atoms with E-state index in [1.807, 2.05) is 37.4 Å². The van der Waals surface area contributed by atoms with Crippen molar-refractivity contribution in [2.45, 2.75) is 20.0 Å². The lowest BCUT2D eigenvalue weighted by Gasteiger charge is -2.14. The van der Waals surface area contributed by atoms with Crippen LogP contribution in [-0.2, 0) is 4.74 Å². The number of aromatic nitrogens is 4. The van der Waals surface area contributed by atoms with Gasteiger partial charge in [0.15, 0.2) is 0 Å². The second kappa shape index (κ2) is 6.43. The predicted octanol–water partition coefficient (Wildman–Crippen LogP) is 1.92. The van der Waals surface area contributed by atoms with Gasteiger partial charge in [0, 0.05) is 29.9 Å². The van der Waals surface area contributed by atoms with Gasteiger partial charge in [-0.05, 0) is 31.4 Å². The van der Waals surface area contributed by atoms with E-state index < -0.39 is 0 Å². The molecule has 0 aliphatic heterocycles. The van der Waals surface area contributed by atoms with E-state index in [0.717, 1.165) is 16.3 Å². The molecule has 0 radical (unpaired) electrons. The molecule has 0 saturated carbocycles. The van der Waals surface area contributed by atoms with Gasteiger partial charge < -0.3 is 10.1 Å². The standard InChI is InChI=1S/C15H17N5O2S/c1-9-7-10(2)20-13(18-19-15(20)17-9)14(21)16-8-11(22-3)12-5-4-6-23-12/h4-7,11H,8H2,1-3H3,(H,16,21)/t11-/m0/s1. The Morgan fingerprint density at radius 2 is 2.26 bits per heavy atom. The van der Waals surface area contributed by atoms with Crippen molar-refractivity contribution in [3.63, 3.8) is 0 Å². The number of ether oxygens (including phenoxy) is 1. The van der Waals surface area contributed by atoms with Crippen LogP contribution in [0.15, 0.2) is 23.6 Å². The fourth-order valence-electron chi connectivity index (χ4n) is 2.42. The molecule has 3 heterocycles. The van der Waals surface area contributed by atoms with Gasteiger partial charge in [-0.25, -0.2) is 4.98 Å². The van der Waals surface area contributed by atoms with Gasteiger partial charge in [-0.1, -0.05) is 6.07 Å². The largest absolute Gasteiger partial charge is 0.374 e. The lowest BCUT2D eigenvalue weighted by molar-refractivity contribution is 0.0828. The fourth-order valence-corrected chi connectivity index (χ4v) is 3.22. The van der Waals surface area contributed by atoms with Gasteiger partial charge in [0.1, 0.15) is 6.10 Å². The highest BCUT2D eigenvalue weighted by atomic mass is 32.1. The quantitative estimate of drug-likeness (QED) is 0.772. The minimum Gasteiger partial charge on any atom is -0.374 e. The summed E-state index contributed by atoms with van der Waals surface area (Å²) in [5.74, 6) is 0.352. The molecule has 3 aromatic rings. The first-order valence-electron chi connectivity index (χ1n) is 7.14. The lowest BCUT2D eigenvalue weighted by atomic mass is 10.3. The first kappa shape index (κ1) is 15.6. The molecule has 0 fully saturated rings. The number of rotatable bonds is 5. The number of amides is 1. The van der Waals surface area contributed by atoms with Crippen LogP contribution in [0.25, 0.3) is 5.78 Å². The van der Waals surface area contributed by atoms with Crippen molar-refractivity contribution in [2.75, 3.05) is 13.7 Å². The van der Waals surface area contributed by atoms with Crippen molar-refractivity contribution in [1.29, 1.82) is 0 Å². The molecular formula is C15H17N5O2S. The summed E-state index contributed by atoms with van der Waals surface area (Å²) in [7, 11) is 1.62. The molecule has 0 spiro atoms. The Kier molecular flexibility index (Phi) is 4.35. The molecule has 8 heteroatoms. The van der Waals surface area contributed by atoms with E-state index in [-0.39, 0.29) is 17.8 Å². The van der Waals surface area contributed by atoms with E-state index in [4.69, 9.17) is 4.74 Å². The van der Waals surface area contributed by atoms with Gasteiger partial charge in [0.2, 0.25) is 5.82 Å². The average molecular weight is 331 g/mol. The Labute approximate surface area is 137 Å². The monoisotopic (exact) mass is 331 g/mol. The van der Waals surface area contributed by atoms with Crippen LogP contribution in [0.2, 0.25) is 0 Å². The van der Waals surface area contributed by atoms with Crippen molar-refractivity contribution in [2.24, 2.45) is 0 Å². The third-order valence-electron chi connectivity index (χ3n) is 3.49. The average Bonchev–Trinajstić information content (AvgIpc) is 3.17. The Bertz CT molecular complexity index is 828. The van der Waals surface area contributed by atoms with Crippen molar-refractivity contribution in [3.8, 4) is 0 Å². The van der Waals surface area contributed by atoms with Crippen LogP contribution in [0.4, 0.5) is 0 Å². The van der Waals surface area contributed by atoms with Crippen LogP contribution in [-0.4, -0.2) is 39.1 Å². The van der Waals surface area contributed by atoms with Gasteiger partial charge in [-0.2, -0.15) is 0 Å². The SMILES string of the molecule is CO[C@@H](CNC(=O)c1nnc2nc(C)cc(C)n12)c1cccs1. The smallest absolute Gasteiger partial charge is 0.289 e. The summed E-state index contributed by atoms with van der Waals surface area (Å²) >= 11 is 1.59. The van der Waals surface area contributed by atoms with Crippen LogP contribution in [0.1, 0.15) is 33.0 Å². The molecule has 1 amide bonds. The van der Waals surface area contributed by atoms with E-state index in [0.29, 0.717) is 12.3 Å². The number of aryl methyl sites for hydroxylation is 2. The van der Waals surface area contributed by atoms with E-state index >= 15 is 0 Å². The Hall–Kier alpha value is -2.32. The number of nitrogens with one attached hydrogen (secondary N) is 1. The molecule has 1 N–H and O–H groups in total. The number of thiophene rings is 1. The number of methoxy groups -OCH3 is 1. The normalized spacial score (nSPS) is 12.5. The van der Waals surface area contributed by atoms with Crippen molar-refractivity contribution >= 4 is 23.0 Å². The van der Waals surface area contributed by atoms with Crippen LogP contribution >= 0.6 is 11.3 Å². The van der Waals surface area contributed by atoms with Gasteiger partial charge in [-0.15, -0.1) is 21.5 Å². The minimum absolute atomic E-state index is 0.181. The van der Waals surface area contributed by atoms with Gasteiger partial charge >= 0.3 is 0 Å². The zero-order chi connectivity index (χ0) is 16.4. The van der Waals surface area contributed by atoms with Crippen molar-refractivity contribution < 1.29 is 9.53 Å². The Morgan fingerprint density at radius 3 is 2.96 bits per heavy atom. The Morgan fingerprint density at radius 1 is 1.43 bits per heavy atom. The van der Waals surface area contributed by atoms with E-state index in [1.54, 1.807) is 22.8 Å². The van der Waals surface area contributed by atoms with Crippen LogP contribution < -0.4 is 5.32 Å². The lowest BCUT2D eigenvalue weighted by Crippen LogP contribution is -2.30. The molecule has 0 bridgehead atoms. The summed E-state index contributed by atoms with van der Waals surface area (Å²) in [6.45, 7) is 4.14. The maximum absolute atomic E-state index is 12.4. The number of carbonyl (C=O) groups excluding carboxylic acids is 1. The molecule has 0 aliphatic carbocycles. The molecule has 0 saturated heterocycles.